The highest BCUT2D eigenvalue weighted by atomic mass is 32.2. The highest BCUT2D eigenvalue weighted by Crippen LogP contribution is 2.14. The highest BCUT2D eigenvalue weighted by Gasteiger charge is 2.14. The number of hydrogen-bond donors (Lipinski definition) is 1. The van der Waals surface area contributed by atoms with Crippen molar-refractivity contribution in [3.63, 3.8) is 0 Å². The average Bonchev–Trinajstić information content (AvgIpc) is 2.78. The molecule has 1 heterocycles. The molecule has 2 rings (SSSR count). The average molecular weight is 277 g/mol. The third kappa shape index (κ3) is 3.54. The maximum absolute atomic E-state index is 12.0. The van der Waals surface area contributed by atoms with Crippen molar-refractivity contribution < 1.29 is 13.4 Å². The van der Waals surface area contributed by atoms with E-state index in [1.807, 2.05) is 31.2 Å². The Hall–Kier alpha value is -1.88. The fraction of sp³-hybridized carbons (Fsp3) is 0.214. The molecule has 0 bridgehead atoms. The van der Waals surface area contributed by atoms with E-state index in [2.05, 4.69) is 5.32 Å². The smallest absolute Gasteiger partial charge is 0.237 e. The summed E-state index contributed by atoms with van der Waals surface area (Å²) < 4.78 is 17.0. The Balaban J connectivity index is 1.96. The number of aryl methyl sites for hydroxylation is 2. The van der Waals surface area contributed by atoms with Crippen molar-refractivity contribution in [2.45, 2.75) is 18.7 Å². The predicted molar refractivity (Wildman–Crippen MR) is 74.5 cm³/mol. The number of amides is 1. The number of hydrogen-bond acceptors (Lipinski definition) is 3. The van der Waals surface area contributed by atoms with Gasteiger partial charge in [0.1, 0.15) is 11.5 Å². The van der Waals surface area contributed by atoms with Gasteiger partial charge >= 0.3 is 0 Å². The molecule has 5 heteroatoms. The first-order valence-electron chi connectivity index (χ1n) is 5.85. The molecule has 0 aliphatic rings. The molecule has 0 aliphatic carbocycles. The molecule has 0 spiro atoms. The Morgan fingerprint density at radius 3 is 2.47 bits per heavy atom. The Bertz CT molecular complexity index is 601. The first kappa shape index (κ1) is 13.5. The molecular weight excluding hydrogens is 262 g/mol. The van der Waals surface area contributed by atoms with Gasteiger partial charge in [-0.3, -0.25) is 9.00 Å². The van der Waals surface area contributed by atoms with Crippen LogP contribution in [-0.4, -0.2) is 15.9 Å². The van der Waals surface area contributed by atoms with Crippen LogP contribution in [0.4, 0.5) is 5.69 Å². The van der Waals surface area contributed by atoms with Crippen LogP contribution in [0.5, 0.6) is 0 Å². The fourth-order valence-corrected chi connectivity index (χ4v) is 2.68. The van der Waals surface area contributed by atoms with Gasteiger partial charge in [0.2, 0.25) is 5.91 Å². The summed E-state index contributed by atoms with van der Waals surface area (Å²) in [5.74, 6) is 0.234. The van der Waals surface area contributed by atoms with Crippen molar-refractivity contribution >= 4 is 22.4 Å². The van der Waals surface area contributed by atoms with Crippen molar-refractivity contribution in [1.29, 1.82) is 0 Å². The number of anilines is 1. The van der Waals surface area contributed by atoms with Crippen LogP contribution in [-0.2, 0) is 15.6 Å². The first-order valence-corrected chi connectivity index (χ1v) is 7.17. The zero-order chi connectivity index (χ0) is 13.8. The van der Waals surface area contributed by atoms with Crippen LogP contribution in [0.2, 0.25) is 0 Å². The van der Waals surface area contributed by atoms with E-state index in [4.69, 9.17) is 4.42 Å². The maximum Gasteiger partial charge on any atom is 0.237 e. The van der Waals surface area contributed by atoms with E-state index in [1.54, 1.807) is 13.0 Å². The van der Waals surface area contributed by atoms with E-state index >= 15 is 0 Å². The second kappa shape index (κ2) is 5.84. The van der Waals surface area contributed by atoms with E-state index in [-0.39, 0.29) is 11.7 Å². The summed E-state index contributed by atoms with van der Waals surface area (Å²) in [7, 11) is -1.38. The predicted octanol–water partition coefficient (Wildman–Crippen LogP) is 2.64. The van der Waals surface area contributed by atoms with Crippen LogP contribution >= 0.6 is 0 Å². The molecule has 19 heavy (non-hydrogen) atoms. The van der Waals surface area contributed by atoms with Crippen molar-refractivity contribution in [2.75, 3.05) is 11.1 Å². The normalized spacial score (nSPS) is 12.1. The molecule has 0 radical (unpaired) electrons. The molecule has 1 atom stereocenters. The molecular formula is C14H15NO3S. The lowest BCUT2D eigenvalue weighted by molar-refractivity contribution is -0.113. The van der Waals surface area contributed by atoms with Crippen LogP contribution in [0.3, 0.4) is 0 Å². The van der Waals surface area contributed by atoms with Gasteiger partial charge in [0.25, 0.3) is 0 Å². The zero-order valence-electron chi connectivity index (χ0n) is 10.8. The van der Waals surface area contributed by atoms with Crippen molar-refractivity contribution in [3.8, 4) is 0 Å². The van der Waals surface area contributed by atoms with Gasteiger partial charge in [-0.2, -0.15) is 0 Å². The maximum atomic E-state index is 12.0. The summed E-state index contributed by atoms with van der Waals surface area (Å²) in [5, 5.41) is 2.72. The largest absolute Gasteiger partial charge is 0.468 e. The Morgan fingerprint density at radius 2 is 1.89 bits per heavy atom. The molecule has 2 aromatic rings. The van der Waals surface area contributed by atoms with Crippen LogP contribution in [0.15, 0.2) is 45.9 Å². The zero-order valence-corrected chi connectivity index (χ0v) is 11.6. The van der Waals surface area contributed by atoms with Gasteiger partial charge in [-0.05, 0) is 32.0 Å². The third-order valence-corrected chi connectivity index (χ3v) is 4.09. The molecule has 0 aliphatic heterocycles. The highest BCUT2D eigenvalue weighted by molar-refractivity contribution is 7.85. The van der Waals surface area contributed by atoms with Crippen molar-refractivity contribution in [2.24, 2.45) is 0 Å². The molecule has 4 nitrogen and oxygen atoms in total. The first-order chi connectivity index (χ1) is 9.06. The van der Waals surface area contributed by atoms with E-state index in [0.29, 0.717) is 16.3 Å². The van der Waals surface area contributed by atoms with E-state index < -0.39 is 10.8 Å². The molecule has 0 unspecified atom stereocenters. The molecule has 0 saturated heterocycles. The summed E-state index contributed by atoms with van der Waals surface area (Å²) in [6.07, 6.45) is 1.47. The Morgan fingerprint density at radius 1 is 1.21 bits per heavy atom. The molecule has 1 amide bonds. The van der Waals surface area contributed by atoms with Crippen molar-refractivity contribution in [1.82, 2.24) is 0 Å². The molecule has 1 aromatic heterocycles. The van der Waals surface area contributed by atoms with Gasteiger partial charge in [0.15, 0.2) is 0 Å². The van der Waals surface area contributed by atoms with Gasteiger partial charge < -0.3 is 9.73 Å². The van der Waals surface area contributed by atoms with Crippen LogP contribution in [0.1, 0.15) is 11.3 Å². The minimum Gasteiger partial charge on any atom is -0.468 e. The lowest BCUT2D eigenvalue weighted by atomic mass is 10.2. The Labute approximate surface area is 114 Å². The molecule has 0 saturated carbocycles. The summed E-state index contributed by atoms with van der Waals surface area (Å²) in [4.78, 5) is 12.3. The summed E-state index contributed by atoms with van der Waals surface area (Å²) in [6.45, 7) is 3.70. The fourth-order valence-electron chi connectivity index (χ4n) is 1.64. The second-order valence-electron chi connectivity index (χ2n) is 4.25. The number of furan rings is 1. The SMILES string of the molecule is Cc1ccc(NC(=O)C[S@](=O)c2ccoc2C)cc1. The molecule has 1 N–H and O–H groups in total. The van der Waals surface area contributed by atoms with E-state index in [9.17, 15) is 9.00 Å². The lowest BCUT2D eigenvalue weighted by Gasteiger charge is -2.05. The topological polar surface area (TPSA) is 59.3 Å². The summed E-state index contributed by atoms with van der Waals surface area (Å²) in [6, 6.07) is 9.09. The number of rotatable bonds is 4. The van der Waals surface area contributed by atoms with Crippen LogP contribution in [0.25, 0.3) is 0 Å². The van der Waals surface area contributed by atoms with Gasteiger partial charge in [0.05, 0.1) is 22.0 Å². The van der Waals surface area contributed by atoms with Gasteiger partial charge in [-0.25, -0.2) is 0 Å². The standard InChI is InChI=1S/C14H15NO3S/c1-10-3-5-12(6-4-10)15-14(16)9-19(17)13-7-8-18-11(13)2/h3-8H,9H2,1-2H3,(H,15,16)/t19-/m0/s1. The molecule has 1 aromatic carbocycles. The third-order valence-electron chi connectivity index (χ3n) is 2.65. The van der Waals surface area contributed by atoms with E-state index in [0.717, 1.165) is 5.56 Å². The van der Waals surface area contributed by atoms with Gasteiger partial charge in [-0.15, -0.1) is 0 Å². The number of carbonyl (C=O) groups is 1. The number of nitrogens with one attached hydrogen (secondary N) is 1. The molecule has 100 valence electrons. The Kier molecular flexibility index (Phi) is 4.16. The number of carbonyl (C=O) groups excluding carboxylic acids is 1. The second-order valence-corrected chi connectivity index (χ2v) is 5.66. The quantitative estimate of drug-likeness (QED) is 0.934. The van der Waals surface area contributed by atoms with Crippen LogP contribution < -0.4 is 5.32 Å². The summed E-state index contributed by atoms with van der Waals surface area (Å²) in [5.41, 5.74) is 1.83. The molecule has 0 fully saturated rings. The number of benzene rings is 1. The van der Waals surface area contributed by atoms with Crippen LogP contribution in [0, 0.1) is 13.8 Å². The van der Waals surface area contributed by atoms with Gasteiger partial charge in [0, 0.05) is 5.69 Å². The minimum absolute atomic E-state index is 0.0751. The summed E-state index contributed by atoms with van der Waals surface area (Å²) >= 11 is 0. The monoisotopic (exact) mass is 277 g/mol. The lowest BCUT2D eigenvalue weighted by Crippen LogP contribution is -2.19. The van der Waals surface area contributed by atoms with Gasteiger partial charge in [-0.1, -0.05) is 17.7 Å². The minimum atomic E-state index is -1.38. The van der Waals surface area contributed by atoms with Crippen molar-refractivity contribution in [3.05, 3.63) is 47.9 Å². The van der Waals surface area contributed by atoms with E-state index in [1.165, 1.54) is 6.26 Å².